The zero-order valence-corrected chi connectivity index (χ0v) is 13.7. The number of halogens is 1. The topological polar surface area (TPSA) is 72.2 Å². The van der Waals surface area contributed by atoms with Crippen LogP contribution in [0.1, 0.15) is 53.4 Å². The van der Waals surface area contributed by atoms with Gasteiger partial charge in [0, 0.05) is 12.1 Å². The summed E-state index contributed by atoms with van der Waals surface area (Å²) in [5, 5.41) is 0. The summed E-state index contributed by atoms with van der Waals surface area (Å²) in [7, 11) is -3.19. The van der Waals surface area contributed by atoms with Gasteiger partial charge in [-0.3, -0.25) is 0 Å². The summed E-state index contributed by atoms with van der Waals surface area (Å²) in [6, 6.07) is 0. The zero-order chi connectivity index (χ0) is 13.5. The second kappa shape index (κ2) is 9.13. The first-order chi connectivity index (χ1) is 7.82. The van der Waals surface area contributed by atoms with Gasteiger partial charge in [0.05, 0.1) is 5.75 Å². The van der Waals surface area contributed by atoms with E-state index < -0.39 is 15.6 Å². The third kappa shape index (κ3) is 7.56. The number of sulfonamides is 1. The molecule has 0 saturated carbocycles. The van der Waals surface area contributed by atoms with Gasteiger partial charge in [-0.15, -0.1) is 12.4 Å². The van der Waals surface area contributed by atoms with Crippen LogP contribution in [0.25, 0.3) is 0 Å². The van der Waals surface area contributed by atoms with Crippen LogP contribution >= 0.6 is 12.4 Å². The molecule has 0 aromatic heterocycles. The normalized spacial score (nSPS) is 12.6. The summed E-state index contributed by atoms with van der Waals surface area (Å²) in [6.07, 6.45) is 3.34. The molecule has 0 heterocycles. The fourth-order valence-electron chi connectivity index (χ4n) is 1.65. The lowest BCUT2D eigenvalue weighted by molar-refractivity contribution is 0.390. The first-order valence-corrected chi connectivity index (χ1v) is 8.23. The Morgan fingerprint density at radius 1 is 1.11 bits per heavy atom. The van der Waals surface area contributed by atoms with Gasteiger partial charge in [-0.05, 0) is 18.8 Å². The van der Waals surface area contributed by atoms with Crippen molar-refractivity contribution in [3.63, 3.8) is 0 Å². The molecule has 0 bridgehead atoms. The standard InChI is InChI=1S/C12H28N2O2S.ClH/c1-5-11(6-2)9-17(15,16)14-10-12(13,7-3)8-4;/h11,14H,5-10,13H2,1-4H3;1H. The molecule has 0 radical (unpaired) electrons. The summed E-state index contributed by atoms with van der Waals surface area (Å²) in [6.45, 7) is 8.35. The van der Waals surface area contributed by atoms with Crippen LogP contribution in [0.2, 0.25) is 0 Å². The van der Waals surface area contributed by atoms with E-state index in [1.54, 1.807) is 0 Å². The van der Waals surface area contributed by atoms with E-state index in [1.165, 1.54) is 0 Å². The highest BCUT2D eigenvalue weighted by molar-refractivity contribution is 7.89. The Morgan fingerprint density at radius 3 is 1.89 bits per heavy atom. The van der Waals surface area contributed by atoms with Gasteiger partial charge in [0.1, 0.15) is 0 Å². The highest BCUT2D eigenvalue weighted by Gasteiger charge is 2.24. The molecule has 0 aliphatic rings. The smallest absolute Gasteiger partial charge is 0.211 e. The molecule has 0 aliphatic heterocycles. The van der Waals surface area contributed by atoms with Crippen molar-refractivity contribution in [3.8, 4) is 0 Å². The molecular weight excluding hydrogens is 272 g/mol. The second-order valence-corrected chi connectivity index (χ2v) is 6.71. The maximum atomic E-state index is 11.9. The average Bonchev–Trinajstić information content (AvgIpc) is 2.33. The van der Waals surface area contributed by atoms with Crippen LogP contribution in [0.5, 0.6) is 0 Å². The molecule has 0 rings (SSSR count). The summed E-state index contributed by atoms with van der Waals surface area (Å²) < 4.78 is 26.4. The lowest BCUT2D eigenvalue weighted by atomic mass is 9.95. The van der Waals surface area contributed by atoms with E-state index in [2.05, 4.69) is 4.72 Å². The molecule has 18 heavy (non-hydrogen) atoms. The Kier molecular flexibility index (Phi) is 10.4. The Morgan fingerprint density at radius 2 is 1.56 bits per heavy atom. The van der Waals surface area contributed by atoms with Crippen molar-refractivity contribution >= 4 is 22.4 Å². The quantitative estimate of drug-likeness (QED) is 0.686. The first-order valence-electron chi connectivity index (χ1n) is 6.58. The molecule has 4 nitrogen and oxygen atoms in total. The van der Waals surface area contributed by atoms with Gasteiger partial charge in [0.15, 0.2) is 0 Å². The molecule has 0 unspecified atom stereocenters. The number of rotatable bonds is 9. The Hall–Kier alpha value is 0.160. The zero-order valence-electron chi connectivity index (χ0n) is 12.0. The number of nitrogens with two attached hydrogens (primary N) is 1. The fraction of sp³-hybridized carbons (Fsp3) is 1.00. The molecule has 0 amide bonds. The van der Waals surface area contributed by atoms with Gasteiger partial charge in [-0.1, -0.05) is 40.5 Å². The van der Waals surface area contributed by atoms with E-state index in [4.69, 9.17) is 5.73 Å². The second-order valence-electron chi connectivity index (χ2n) is 4.85. The van der Waals surface area contributed by atoms with Gasteiger partial charge in [-0.2, -0.15) is 0 Å². The van der Waals surface area contributed by atoms with Crippen molar-refractivity contribution in [3.05, 3.63) is 0 Å². The molecule has 0 saturated heterocycles. The molecule has 0 atom stereocenters. The van der Waals surface area contributed by atoms with Crippen LogP contribution in [0.3, 0.4) is 0 Å². The van der Waals surface area contributed by atoms with Crippen LogP contribution in [0.4, 0.5) is 0 Å². The Balaban J connectivity index is 0. The van der Waals surface area contributed by atoms with E-state index in [-0.39, 0.29) is 24.1 Å². The lowest BCUT2D eigenvalue weighted by Crippen LogP contribution is -2.49. The van der Waals surface area contributed by atoms with Crippen molar-refractivity contribution in [1.82, 2.24) is 4.72 Å². The van der Waals surface area contributed by atoms with Crippen molar-refractivity contribution in [2.45, 2.75) is 58.9 Å². The predicted octanol–water partition coefficient (Wildman–Crippen LogP) is 2.28. The fourth-order valence-corrected chi connectivity index (χ4v) is 3.36. The molecule has 6 heteroatoms. The van der Waals surface area contributed by atoms with Crippen LogP contribution in [0.15, 0.2) is 0 Å². The highest BCUT2D eigenvalue weighted by atomic mass is 35.5. The van der Waals surface area contributed by atoms with Gasteiger partial charge < -0.3 is 5.73 Å². The molecule has 3 N–H and O–H groups in total. The summed E-state index contributed by atoms with van der Waals surface area (Å²) in [4.78, 5) is 0. The number of hydrogen-bond acceptors (Lipinski definition) is 3. The number of hydrogen-bond donors (Lipinski definition) is 2. The molecule has 0 aliphatic carbocycles. The minimum Gasteiger partial charge on any atom is -0.324 e. The van der Waals surface area contributed by atoms with Gasteiger partial charge in [0.2, 0.25) is 10.0 Å². The van der Waals surface area contributed by atoms with Crippen molar-refractivity contribution in [2.75, 3.05) is 12.3 Å². The largest absolute Gasteiger partial charge is 0.324 e. The van der Waals surface area contributed by atoms with Gasteiger partial charge in [-0.25, -0.2) is 13.1 Å². The monoisotopic (exact) mass is 300 g/mol. The number of nitrogens with one attached hydrogen (secondary N) is 1. The third-order valence-electron chi connectivity index (χ3n) is 3.66. The molecular formula is C12H29ClN2O2S. The van der Waals surface area contributed by atoms with E-state index >= 15 is 0 Å². The van der Waals surface area contributed by atoms with E-state index in [0.717, 1.165) is 25.7 Å². The molecule has 112 valence electrons. The molecule has 0 aromatic carbocycles. The first kappa shape index (κ1) is 20.5. The van der Waals surface area contributed by atoms with Crippen LogP contribution in [-0.4, -0.2) is 26.3 Å². The minimum absolute atomic E-state index is 0. The van der Waals surface area contributed by atoms with Crippen molar-refractivity contribution in [1.29, 1.82) is 0 Å². The maximum absolute atomic E-state index is 11.9. The van der Waals surface area contributed by atoms with Crippen LogP contribution < -0.4 is 10.5 Å². The highest BCUT2D eigenvalue weighted by Crippen LogP contribution is 2.12. The van der Waals surface area contributed by atoms with Gasteiger partial charge in [0.25, 0.3) is 0 Å². The maximum Gasteiger partial charge on any atom is 0.211 e. The van der Waals surface area contributed by atoms with E-state index in [0.29, 0.717) is 6.54 Å². The lowest BCUT2D eigenvalue weighted by Gasteiger charge is -2.27. The summed E-state index contributed by atoms with van der Waals surface area (Å²) >= 11 is 0. The van der Waals surface area contributed by atoms with Gasteiger partial charge >= 0.3 is 0 Å². The van der Waals surface area contributed by atoms with Crippen molar-refractivity contribution < 1.29 is 8.42 Å². The van der Waals surface area contributed by atoms with Crippen molar-refractivity contribution in [2.24, 2.45) is 11.7 Å². The third-order valence-corrected chi connectivity index (χ3v) is 5.16. The Labute approximate surface area is 119 Å². The van der Waals surface area contributed by atoms with Crippen LogP contribution in [-0.2, 0) is 10.0 Å². The Bertz CT molecular complexity index is 299. The summed E-state index contributed by atoms with van der Waals surface area (Å²) in [5.74, 6) is 0.451. The van der Waals surface area contributed by atoms with E-state index in [9.17, 15) is 8.42 Å². The molecule has 0 fully saturated rings. The summed E-state index contributed by atoms with van der Waals surface area (Å²) in [5.41, 5.74) is 5.66. The molecule has 0 spiro atoms. The average molecular weight is 301 g/mol. The predicted molar refractivity (Wildman–Crippen MR) is 80.6 cm³/mol. The van der Waals surface area contributed by atoms with E-state index in [1.807, 2.05) is 27.7 Å². The van der Waals surface area contributed by atoms with Crippen LogP contribution in [0, 0.1) is 5.92 Å². The minimum atomic E-state index is -3.19. The SMILES string of the molecule is CCC(CC)CS(=O)(=O)NCC(N)(CC)CC.Cl. The molecule has 0 aromatic rings.